The highest BCUT2D eigenvalue weighted by Crippen LogP contribution is 2.19. The Morgan fingerprint density at radius 1 is 1.53 bits per heavy atom. The van der Waals surface area contributed by atoms with E-state index in [4.69, 9.17) is 0 Å². The van der Waals surface area contributed by atoms with Crippen LogP contribution < -0.4 is 0 Å². The number of amides is 2. The third-order valence-corrected chi connectivity index (χ3v) is 2.96. The molecule has 1 rings (SSSR count). The maximum Gasteiger partial charge on any atom is 0.319 e. The largest absolute Gasteiger partial charge is 0.468 e. The van der Waals surface area contributed by atoms with Crippen molar-refractivity contribution in [1.29, 1.82) is 0 Å². The van der Waals surface area contributed by atoms with Crippen molar-refractivity contribution in [1.82, 2.24) is 9.80 Å². The molecular weight excluding hydrogens is 224 g/mol. The molecule has 1 aliphatic heterocycles. The summed E-state index contributed by atoms with van der Waals surface area (Å²) in [4.78, 5) is 37.4. The SMILES string of the molecule is COC(=O)CN(C(C)C)C1CC(=O)N(C)C1=O. The summed E-state index contributed by atoms with van der Waals surface area (Å²) in [6.45, 7) is 3.77. The Balaban J connectivity index is 2.82. The van der Waals surface area contributed by atoms with Gasteiger partial charge in [-0.3, -0.25) is 24.2 Å². The Labute approximate surface area is 101 Å². The third kappa shape index (κ3) is 2.82. The topological polar surface area (TPSA) is 66.9 Å². The molecule has 6 nitrogen and oxygen atoms in total. The van der Waals surface area contributed by atoms with Gasteiger partial charge in [0.05, 0.1) is 26.1 Å². The summed E-state index contributed by atoms with van der Waals surface area (Å²) in [5, 5.41) is 0. The van der Waals surface area contributed by atoms with Crippen LogP contribution >= 0.6 is 0 Å². The standard InChI is InChI=1S/C11H18N2O4/c1-7(2)13(6-10(15)17-4)8-5-9(14)12(3)11(8)16/h7-8H,5-6H2,1-4H3. The molecule has 0 saturated carbocycles. The van der Waals surface area contributed by atoms with Crippen LogP contribution in [0.5, 0.6) is 0 Å². The lowest BCUT2D eigenvalue weighted by Gasteiger charge is -2.29. The van der Waals surface area contributed by atoms with Gasteiger partial charge in [-0.25, -0.2) is 0 Å². The zero-order valence-electron chi connectivity index (χ0n) is 10.6. The number of likely N-dealkylation sites (tertiary alicyclic amines) is 1. The predicted molar refractivity (Wildman–Crippen MR) is 60.0 cm³/mol. The molecule has 0 aromatic heterocycles. The smallest absolute Gasteiger partial charge is 0.319 e. The lowest BCUT2D eigenvalue weighted by Crippen LogP contribution is -2.47. The lowest BCUT2D eigenvalue weighted by atomic mass is 10.1. The fraction of sp³-hybridized carbons (Fsp3) is 0.727. The first-order valence-corrected chi connectivity index (χ1v) is 5.51. The molecule has 0 N–H and O–H groups in total. The number of carbonyl (C=O) groups is 3. The molecule has 1 fully saturated rings. The Morgan fingerprint density at radius 3 is 2.47 bits per heavy atom. The summed E-state index contributed by atoms with van der Waals surface area (Å²) >= 11 is 0. The molecule has 17 heavy (non-hydrogen) atoms. The Kier molecular flexibility index (Phi) is 4.22. The van der Waals surface area contributed by atoms with E-state index in [0.29, 0.717) is 0 Å². The maximum atomic E-state index is 11.8. The fourth-order valence-corrected chi connectivity index (χ4v) is 1.86. The van der Waals surface area contributed by atoms with Crippen molar-refractivity contribution >= 4 is 17.8 Å². The van der Waals surface area contributed by atoms with Crippen LogP contribution in [0.1, 0.15) is 20.3 Å². The minimum atomic E-state index is -0.549. The van der Waals surface area contributed by atoms with Crippen molar-refractivity contribution in [2.75, 3.05) is 20.7 Å². The average Bonchev–Trinajstić information content (AvgIpc) is 2.53. The highest BCUT2D eigenvalue weighted by atomic mass is 16.5. The number of carbonyl (C=O) groups excluding carboxylic acids is 3. The van der Waals surface area contributed by atoms with Gasteiger partial charge < -0.3 is 4.74 Å². The Morgan fingerprint density at radius 2 is 2.12 bits per heavy atom. The van der Waals surface area contributed by atoms with Crippen LogP contribution in [-0.2, 0) is 19.1 Å². The van der Waals surface area contributed by atoms with Crippen molar-refractivity contribution in [2.24, 2.45) is 0 Å². The van der Waals surface area contributed by atoms with Crippen molar-refractivity contribution < 1.29 is 19.1 Å². The third-order valence-electron chi connectivity index (χ3n) is 2.96. The van der Waals surface area contributed by atoms with Gasteiger partial charge in [0.1, 0.15) is 0 Å². The van der Waals surface area contributed by atoms with E-state index in [0.717, 1.165) is 4.90 Å². The second-order valence-electron chi connectivity index (χ2n) is 4.35. The van der Waals surface area contributed by atoms with E-state index in [9.17, 15) is 14.4 Å². The van der Waals surface area contributed by atoms with Gasteiger partial charge in [0.15, 0.2) is 0 Å². The number of esters is 1. The van der Waals surface area contributed by atoms with Gasteiger partial charge in [-0.2, -0.15) is 0 Å². The molecule has 0 aromatic rings. The second-order valence-corrected chi connectivity index (χ2v) is 4.35. The van der Waals surface area contributed by atoms with Crippen LogP contribution in [-0.4, -0.2) is 60.4 Å². The molecule has 0 aliphatic carbocycles. The van der Waals surface area contributed by atoms with Crippen LogP contribution in [0.3, 0.4) is 0 Å². The van der Waals surface area contributed by atoms with Gasteiger partial charge >= 0.3 is 5.97 Å². The summed E-state index contributed by atoms with van der Waals surface area (Å²) in [6.07, 6.45) is 0.129. The normalized spacial score (nSPS) is 20.6. The molecule has 1 saturated heterocycles. The van der Waals surface area contributed by atoms with Crippen molar-refractivity contribution in [2.45, 2.75) is 32.4 Å². The molecule has 0 spiro atoms. The predicted octanol–water partition coefficient (Wildman–Crippen LogP) is -0.373. The number of nitrogens with zero attached hydrogens (tertiary/aromatic N) is 2. The Hall–Kier alpha value is -1.43. The van der Waals surface area contributed by atoms with E-state index in [1.165, 1.54) is 14.2 Å². The van der Waals surface area contributed by atoms with E-state index in [-0.39, 0.29) is 30.8 Å². The average molecular weight is 242 g/mol. The number of likely N-dealkylation sites (N-methyl/N-ethyl adjacent to an activating group) is 1. The number of ether oxygens (including phenoxy) is 1. The van der Waals surface area contributed by atoms with Gasteiger partial charge in [0.2, 0.25) is 11.8 Å². The first-order valence-electron chi connectivity index (χ1n) is 5.51. The zero-order valence-corrected chi connectivity index (χ0v) is 10.6. The first-order chi connectivity index (χ1) is 7.88. The van der Waals surface area contributed by atoms with Gasteiger partial charge in [-0.05, 0) is 13.8 Å². The molecular formula is C11H18N2O4. The van der Waals surface area contributed by atoms with E-state index in [2.05, 4.69) is 4.74 Å². The van der Waals surface area contributed by atoms with E-state index in [1.807, 2.05) is 13.8 Å². The molecule has 1 atom stereocenters. The number of rotatable bonds is 4. The van der Waals surface area contributed by atoms with Gasteiger partial charge in [-0.15, -0.1) is 0 Å². The molecule has 1 heterocycles. The number of methoxy groups -OCH3 is 1. The monoisotopic (exact) mass is 242 g/mol. The highest BCUT2D eigenvalue weighted by molar-refractivity contribution is 6.05. The van der Waals surface area contributed by atoms with Crippen LogP contribution in [0, 0.1) is 0 Å². The van der Waals surface area contributed by atoms with Crippen LogP contribution in [0.2, 0.25) is 0 Å². The maximum absolute atomic E-state index is 11.8. The van der Waals surface area contributed by atoms with Crippen LogP contribution in [0.25, 0.3) is 0 Å². The number of imide groups is 1. The summed E-state index contributed by atoms with van der Waals surface area (Å²) in [5.41, 5.74) is 0. The van der Waals surface area contributed by atoms with E-state index < -0.39 is 12.0 Å². The fourth-order valence-electron chi connectivity index (χ4n) is 1.86. The van der Waals surface area contributed by atoms with Gasteiger partial charge in [-0.1, -0.05) is 0 Å². The molecule has 0 bridgehead atoms. The second kappa shape index (κ2) is 5.27. The molecule has 96 valence electrons. The molecule has 0 radical (unpaired) electrons. The zero-order chi connectivity index (χ0) is 13.2. The van der Waals surface area contributed by atoms with E-state index in [1.54, 1.807) is 4.90 Å². The Bertz CT molecular complexity index is 340. The van der Waals surface area contributed by atoms with Crippen LogP contribution in [0.4, 0.5) is 0 Å². The van der Waals surface area contributed by atoms with Gasteiger partial charge in [0.25, 0.3) is 0 Å². The summed E-state index contributed by atoms with van der Waals surface area (Å²) in [6, 6.07) is -0.561. The minimum absolute atomic E-state index is 0.0117. The van der Waals surface area contributed by atoms with Crippen molar-refractivity contribution in [3.63, 3.8) is 0 Å². The first kappa shape index (κ1) is 13.6. The number of hydrogen-bond donors (Lipinski definition) is 0. The minimum Gasteiger partial charge on any atom is -0.468 e. The molecule has 1 aliphatic rings. The van der Waals surface area contributed by atoms with Crippen molar-refractivity contribution in [3.05, 3.63) is 0 Å². The summed E-state index contributed by atoms with van der Waals surface area (Å²) in [7, 11) is 2.76. The summed E-state index contributed by atoms with van der Waals surface area (Å²) < 4.78 is 4.59. The molecule has 1 unspecified atom stereocenters. The molecule has 6 heteroatoms. The quantitative estimate of drug-likeness (QED) is 0.497. The lowest BCUT2D eigenvalue weighted by molar-refractivity contribution is -0.144. The van der Waals surface area contributed by atoms with Crippen LogP contribution in [0.15, 0.2) is 0 Å². The van der Waals surface area contributed by atoms with Crippen molar-refractivity contribution in [3.8, 4) is 0 Å². The van der Waals surface area contributed by atoms with E-state index >= 15 is 0 Å². The highest BCUT2D eigenvalue weighted by Gasteiger charge is 2.41. The molecule has 2 amide bonds. The molecule has 0 aromatic carbocycles. The summed E-state index contributed by atoms with van der Waals surface area (Å²) in [5.74, 6) is -0.878. The van der Waals surface area contributed by atoms with Gasteiger partial charge in [0, 0.05) is 13.1 Å². The number of hydrogen-bond acceptors (Lipinski definition) is 5.